The van der Waals surface area contributed by atoms with Crippen LogP contribution in [0.15, 0.2) is 47.1 Å². The summed E-state index contributed by atoms with van der Waals surface area (Å²) >= 11 is 6.05. The van der Waals surface area contributed by atoms with Gasteiger partial charge < -0.3 is 24.9 Å². The molecule has 3 rings (SSSR count). The average molecular weight is 406 g/mol. The van der Waals surface area contributed by atoms with Gasteiger partial charge in [-0.25, -0.2) is 0 Å². The third-order valence-electron chi connectivity index (χ3n) is 4.53. The summed E-state index contributed by atoms with van der Waals surface area (Å²) in [4.78, 5) is 39.1. The van der Waals surface area contributed by atoms with Crippen LogP contribution in [-0.2, 0) is 9.59 Å². The van der Waals surface area contributed by atoms with Crippen LogP contribution in [0.2, 0.25) is 5.02 Å². The number of benzene rings is 1. The minimum atomic E-state index is -0.418. The molecule has 1 aliphatic heterocycles. The van der Waals surface area contributed by atoms with E-state index in [0.29, 0.717) is 43.4 Å². The largest absolute Gasteiger partial charge is 0.459 e. The molecule has 3 N–H and O–H groups in total. The Morgan fingerprint density at radius 2 is 1.86 bits per heavy atom. The molecule has 2 aromatic rings. The maximum absolute atomic E-state index is 12.3. The molecule has 0 atom stereocenters. The molecule has 9 heteroatoms. The van der Waals surface area contributed by atoms with Gasteiger partial charge in [-0.3, -0.25) is 14.4 Å². The first-order chi connectivity index (χ1) is 13.5. The van der Waals surface area contributed by atoms with Gasteiger partial charge in [-0.15, -0.1) is 0 Å². The van der Waals surface area contributed by atoms with Gasteiger partial charge in [0.05, 0.1) is 49.7 Å². The lowest BCUT2D eigenvalue weighted by atomic mass is 10.3. The van der Waals surface area contributed by atoms with Gasteiger partial charge in [-0.1, -0.05) is 23.7 Å². The number of amides is 3. The second-order valence-electron chi connectivity index (χ2n) is 6.50. The van der Waals surface area contributed by atoms with Gasteiger partial charge >= 0.3 is 0 Å². The fourth-order valence-corrected chi connectivity index (χ4v) is 3.18. The van der Waals surface area contributed by atoms with Crippen molar-refractivity contribution in [3.63, 3.8) is 0 Å². The normalized spacial score (nSPS) is 14.5. The number of piperazine rings is 1. The SMILES string of the molecule is O=C(C[NH+]1CCN(C(=O)CNC(=O)c2ccco2)CC1)Nc1ccccc1Cl. The van der Waals surface area contributed by atoms with E-state index in [1.165, 1.54) is 12.3 Å². The van der Waals surface area contributed by atoms with Crippen LogP contribution < -0.4 is 15.5 Å². The molecule has 1 aromatic heterocycles. The van der Waals surface area contributed by atoms with E-state index in [0.717, 1.165) is 4.90 Å². The molecule has 0 spiro atoms. The van der Waals surface area contributed by atoms with Crippen LogP contribution in [0.3, 0.4) is 0 Å². The van der Waals surface area contributed by atoms with E-state index in [-0.39, 0.29) is 24.1 Å². The molecule has 3 amide bonds. The van der Waals surface area contributed by atoms with Crippen LogP contribution in [0, 0.1) is 0 Å². The van der Waals surface area contributed by atoms with E-state index in [1.54, 1.807) is 29.2 Å². The van der Waals surface area contributed by atoms with Crippen molar-refractivity contribution in [1.82, 2.24) is 10.2 Å². The molecule has 1 aliphatic rings. The Morgan fingerprint density at radius 3 is 2.54 bits per heavy atom. The summed E-state index contributed by atoms with van der Waals surface area (Å²) in [5, 5.41) is 5.86. The molecule has 8 nitrogen and oxygen atoms in total. The second-order valence-corrected chi connectivity index (χ2v) is 6.90. The lowest BCUT2D eigenvalue weighted by Crippen LogP contribution is -3.15. The quantitative estimate of drug-likeness (QED) is 0.631. The summed E-state index contributed by atoms with van der Waals surface area (Å²) in [6.07, 6.45) is 1.40. The number of nitrogens with zero attached hydrogens (tertiary/aromatic N) is 1. The van der Waals surface area contributed by atoms with Crippen molar-refractivity contribution in [1.29, 1.82) is 0 Å². The number of carbonyl (C=O) groups is 3. The summed E-state index contributed by atoms with van der Waals surface area (Å²) in [6.45, 7) is 2.61. The van der Waals surface area contributed by atoms with Gasteiger partial charge in [0, 0.05) is 0 Å². The van der Waals surface area contributed by atoms with Crippen LogP contribution in [0.25, 0.3) is 0 Å². The van der Waals surface area contributed by atoms with E-state index >= 15 is 0 Å². The molecule has 0 aliphatic carbocycles. The van der Waals surface area contributed by atoms with Gasteiger partial charge in [-0.05, 0) is 24.3 Å². The predicted octanol–water partition coefficient (Wildman–Crippen LogP) is 0.0286. The number of anilines is 1. The highest BCUT2D eigenvalue weighted by Gasteiger charge is 2.25. The monoisotopic (exact) mass is 405 g/mol. The topological polar surface area (TPSA) is 96.1 Å². The van der Waals surface area contributed by atoms with E-state index in [2.05, 4.69) is 10.6 Å². The molecular formula is C19H22ClN4O4+. The van der Waals surface area contributed by atoms with Crippen molar-refractivity contribution in [3.05, 3.63) is 53.4 Å². The maximum atomic E-state index is 12.3. The molecular weight excluding hydrogens is 384 g/mol. The Balaban J connectivity index is 1.39. The number of para-hydroxylation sites is 1. The predicted molar refractivity (Wildman–Crippen MR) is 103 cm³/mol. The van der Waals surface area contributed by atoms with Crippen molar-refractivity contribution in [2.75, 3.05) is 44.6 Å². The number of hydrogen-bond donors (Lipinski definition) is 3. The van der Waals surface area contributed by atoms with Gasteiger partial charge in [0.25, 0.3) is 11.8 Å². The van der Waals surface area contributed by atoms with Crippen LogP contribution in [0.4, 0.5) is 5.69 Å². The van der Waals surface area contributed by atoms with Gasteiger partial charge in [-0.2, -0.15) is 0 Å². The lowest BCUT2D eigenvalue weighted by Gasteiger charge is -2.32. The first-order valence-corrected chi connectivity index (χ1v) is 9.38. The van der Waals surface area contributed by atoms with Crippen molar-refractivity contribution in [3.8, 4) is 0 Å². The molecule has 0 saturated carbocycles. The van der Waals surface area contributed by atoms with Crippen molar-refractivity contribution >= 4 is 35.0 Å². The molecule has 0 unspecified atom stereocenters. The number of hydrogen-bond acceptors (Lipinski definition) is 4. The standard InChI is InChI=1S/C19H21ClN4O4/c20-14-4-1-2-5-15(14)22-17(25)13-23-7-9-24(10-8-23)18(26)12-21-19(27)16-6-3-11-28-16/h1-6,11H,7-10,12-13H2,(H,21,27)(H,22,25)/p+1. The molecule has 148 valence electrons. The van der Waals surface area contributed by atoms with Gasteiger partial charge in [0.2, 0.25) is 5.91 Å². The average Bonchev–Trinajstić information content (AvgIpc) is 3.23. The number of quaternary nitrogens is 1. The van der Waals surface area contributed by atoms with Crippen LogP contribution in [0.1, 0.15) is 10.6 Å². The zero-order valence-electron chi connectivity index (χ0n) is 15.2. The van der Waals surface area contributed by atoms with Crippen LogP contribution in [0.5, 0.6) is 0 Å². The Morgan fingerprint density at radius 1 is 1.11 bits per heavy atom. The summed E-state index contributed by atoms with van der Waals surface area (Å²) in [5.41, 5.74) is 0.592. The number of carbonyl (C=O) groups excluding carboxylic acids is 3. The third kappa shape index (κ3) is 5.34. The first-order valence-electron chi connectivity index (χ1n) is 9.00. The molecule has 1 fully saturated rings. The highest BCUT2D eigenvalue weighted by Crippen LogP contribution is 2.19. The van der Waals surface area contributed by atoms with E-state index < -0.39 is 5.91 Å². The second kappa shape index (κ2) is 9.38. The highest BCUT2D eigenvalue weighted by atomic mass is 35.5. The fourth-order valence-electron chi connectivity index (χ4n) is 3.00. The number of nitrogens with one attached hydrogen (secondary N) is 3. The van der Waals surface area contributed by atoms with Gasteiger partial charge in [0.1, 0.15) is 0 Å². The first kappa shape index (κ1) is 19.9. The van der Waals surface area contributed by atoms with Crippen LogP contribution >= 0.6 is 11.6 Å². The maximum Gasteiger partial charge on any atom is 0.287 e. The Kier molecular flexibility index (Phi) is 6.67. The smallest absolute Gasteiger partial charge is 0.287 e. The molecule has 0 bridgehead atoms. The number of furan rings is 1. The fraction of sp³-hybridized carbons (Fsp3) is 0.316. The lowest BCUT2D eigenvalue weighted by molar-refractivity contribution is -0.895. The number of rotatable bonds is 6. The Labute approximate surface area is 167 Å². The zero-order valence-corrected chi connectivity index (χ0v) is 16.0. The van der Waals surface area contributed by atoms with Gasteiger partial charge in [0.15, 0.2) is 12.3 Å². The molecule has 28 heavy (non-hydrogen) atoms. The molecule has 2 heterocycles. The minimum Gasteiger partial charge on any atom is -0.459 e. The van der Waals surface area contributed by atoms with Crippen molar-refractivity contribution < 1.29 is 23.7 Å². The molecule has 1 aromatic carbocycles. The third-order valence-corrected chi connectivity index (χ3v) is 4.86. The summed E-state index contributed by atoms with van der Waals surface area (Å²) in [7, 11) is 0. The summed E-state index contributed by atoms with van der Waals surface area (Å²) in [6, 6.07) is 10.2. The van der Waals surface area contributed by atoms with Crippen molar-refractivity contribution in [2.24, 2.45) is 0 Å². The molecule has 0 radical (unpaired) electrons. The molecule has 1 saturated heterocycles. The minimum absolute atomic E-state index is 0.0815. The summed E-state index contributed by atoms with van der Waals surface area (Å²) in [5.74, 6) is -0.515. The summed E-state index contributed by atoms with van der Waals surface area (Å²) < 4.78 is 4.99. The Bertz CT molecular complexity index is 832. The van der Waals surface area contributed by atoms with Crippen molar-refractivity contribution in [2.45, 2.75) is 0 Å². The van der Waals surface area contributed by atoms with Crippen LogP contribution in [-0.4, -0.2) is 61.9 Å². The van der Waals surface area contributed by atoms with E-state index in [9.17, 15) is 14.4 Å². The Hall–Kier alpha value is -2.84. The number of halogens is 1. The van der Waals surface area contributed by atoms with E-state index in [1.807, 2.05) is 6.07 Å². The zero-order chi connectivity index (χ0) is 19.9. The van der Waals surface area contributed by atoms with E-state index in [4.69, 9.17) is 16.0 Å². The highest BCUT2D eigenvalue weighted by molar-refractivity contribution is 6.33.